The Hall–Kier alpha value is -2.54. The molecule has 0 N–H and O–H groups in total. The third-order valence-corrected chi connectivity index (χ3v) is 3.61. The van der Waals surface area contributed by atoms with E-state index in [-0.39, 0.29) is 0 Å². The monoisotopic (exact) mass is 244 g/mol. The van der Waals surface area contributed by atoms with Crippen LogP contribution in [0, 0.1) is 0 Å². The summed E-state index contributed by atoms with van der Waals surface area (Å²) in [4.78, 5) is 0. The van der Waals surface area contributed by atoms with Gasteiger partial charge in [-0.1, -0.05) is 60.7 Å². The fraction of sp³-hybridized carbons (Fsp3) is 0. The molecule has 0 saturated heterocycles. The molecule has 0 bridgehead atoms. The van der Waals surface area contributed by atoms with E-state index in [2.05, 4.69) is 60.7 Å². The number of hydrogen-bond acceptors (Lipinski definition) is 1. The Labute approximate surface area is 111 Å². The molecule has 2 aromatic carbocycles. The van der Waals surface area contributed by atoms with Crippen molar-refractivity contribution in [2.24, 2.45) is 0 Å². The largest absolute Gasteiger partial charge is 0.471 e. The van der Waals surface area contributed by atoms with Crippen LogP contribution < -0.4 is 0 Å². The summed E-state index contributed by atoms with van der Waals surface area (Å²) >= 11 is 0. The zero-order valence-electron chi connectivity index (χ0n) is 10.3. The molecule has 4 rings (SSSR count). The molecule has 1 heteroatoms. The molecule has 1 nitrogen and oxygen atoms in total. The molecule has 0 unspecified atom stereocenters. The van der Waals surface area contributed by atoms with Crippen molar-refractivity contribution in [2.75, 3.05) is 0 Å². The van der Waals surface area contributed by atoms with Crippen LogP contribution in [0.3, 0.4) is 0 Å². The molecule has 0 aliphatic heterocycles. The third-order valence-electron chi connectivity index (χ3n) is 3.61. The van der Waals surface area contributed by atoms with Crippen LogP contribution in [0.1, 0.15) is 11.1 Å². The summed E-state index contributed by atoms with van der Waals surface area (Å²) in [6, 6.07) is 16.8. The highest BCUT2D eigenvalue weighted by atomic mass is 16.3. The van der Waals surface area contributed by atoms with Gasteiger partial charge in [0.15, 0.2) is 0 Å². The van der Waals surface area contributed by atoms with Gasteiger partial charge in [-0.3, -0.25) is 0 Å². The molecule has 1 aromatic heterocycles. The van der Waals surface area contributed by atoms with Gasteiger partial charge in [0, 0.05) is 11.1 Å². The molecule has 0 amide bonds. The average molecular weight is 244 g/mol. The summed E-state index contributed by atoms with van der Waals surface area (Å²) in [6.07, 6.45) is 8.02. The van der Waals surface area contributed by atoms with E-state index in [0.717, 1.165) is 11.1 Å². The maximum Gasteiger partial charge on any atom is 0.0987 e. The minimum Gasteiger partial charge on any atom is -0.471 e. The van der Waals surface area contributed by atoms with Crippen molar-refractivity contribution in [3.8, 4) is 22.3 Å². The molecule has 1 aliphatic rings. The van der Waals surface area contributed by atoms with Crippen molar-refractivity contribution in [2.45, 2.75) is 0 Å². The smallest absolute Gasteiger partial charge is 0.0987 e. The molecule has 0 saturated carbocycles. The Balaban J connectivity index is 2.11. The van der Waals surface area contributed by atoms with Gasteiger partial charge in [0.05, 0.1) is 12.5 Å². The van der Waals surface area contributed by atoms with Crippen LogP contribution in [0.15, 0.2) is 65.5 Å². The van der Waals surface area contributed by atoms with Crippen molar-refractivity contribution < 1.29 is 4.42 Å². The fourth-order valence-corrected chi connectivity index (χ4v) is 2.67. The van der Waals surface area contributed by atoms with Crippen molar-refractivity contribution in [3.63, 3.8) is 0 Å². The summed E-state index contributed by atoms with van der Waals surface area (Å²) < 4.78 is 5.46. The normalized spacial score (nSPS) is 13.7. The molecular formula is C18H12O. The van der Waals surface area contributed by atoms with E-state index >= 15 is 0 Å². The van der Waals surface area contributed by atoms with Crippen molar-refractivity contribution in [1.82, 2.24) is 0 Å². The molecular weight excluding hydrogens is 232 g/mol. The van der Waals surface area contributed by atoms with E-state index in [0.29, 0.717) is 0 Å². The predicted molar refractivity (Wildman–Crippen MR) is 78.5 cm³/mol. The summed E-state index contributed by atoms with van der Waals surface area (Å²) in [5.41, 5.74) is 7.20. The lowest BCUT2D eigenvalue weighted by atomic mass is 9.90. The first kappa shape index (κ1) is 10.4. The second-order valence-electron chi connectivity index (χ2n) is 4.71. The van der Waals surface area contributed by atoms with Crippen LogP contribution >= 0.6 is 0 Å². The highest BCUT2D eigenvalue weighted by Gasteiger charge is 2.15. The first-order valence-electron chi connectivity index (χ1n) is 6.36. The highest BCUT2D eigenvalue weighted by Crippen LogP contribution is 2.39. The lowest BCUT2D eigenvalue weighted by Gasteiger charge is -2.12. The second kappa shape index (κ2) is 3.99. The van der Waals surface area contributed by atoms with Crippen molar-refractivity contribution in [3.05, 3.63) is 72.2 Å². The van der Waals surface area contributed by atoms with E-state index in [1.165, 1.54) is 22.3 Å². The summed E-state index contributed by atoms with van der Waals surface area (Å²) in [5.74, 6) is 0. The zero-order valence-corrected chi connectivity index (χ0v) is 10.3. The Bertz CT molecular complexity index is 714. The van der Waals surface area contributed by atoms with Crippen LogP contribution in [0.2, 0.25) is 0 Å². The molecule has 1 aliphatic carbocycles. The molecule has 19 heavy (non-hydrogen) atoms. The molecule has 0 radical (unpaired) electrons. The number of hydrogen-bond donors (Lipinski definition) is 0. The lowest BCUT2D eigenvalue weighted by Crippen LogP contribution is -1.89. The molecule has 3 aromatic rings. The number of fused-ring (bicyclic) bond motifs is 5. The first-order chi connectivity index (χ1) is 9.43. The SMILES string of the molecule is C1=C\c2ccccc2-c2cocc2-c2ccccc2/1. The lowest BCUT2D eigenvalue weighted by molar-refractivity contribution is 0.569. The standard InChI is InChI=1S/C18H12O/c1-3-7-15-13(5-1)9-10-14-6-2-4-8-16(14)18-12-19-11-17(15)18/h1-12H/b10-9-. The summed E-state index contributed by atoms with van der Waals surface area (Å²) in [5, 5.41) is 0. The van der Waals surface area contributed by atoms with Crippen LogP contribution in [-0.4, -0.2) is 0 Å². The second-order valence-corrected chi connectivity index (χ2v) is 4.71. The number of benzene rings is 2. The van der Waals surface area contributed by atoms with Crippen LogP contribution in [0.25, 0.3) is 34.4 Å². The van der Waals surface area contributed by atoms with Crippen LogP contribution in [0.5, 0.6) is 0 Å². The highest BCUT2D eigenvalue weighted by molar-refractivity contribution is 5.94. The average Bonchev–Trinajstić information content (AvgIpc) is 2.92. The molecule has 90 valence electrons. The maximum absolute atomic E-state index is 5.46. The van der Waals surface area contributed by atoms with E-state index in [4.69, 9.17) is 4.42 Å². The fourth-order valence-electron chi connectivity index (χ4n) is 2.67. The van der Waals surface area contributed by atoms with E-state index < -0.39 is 0 Å². The van der Waals surface area contributed by atoms with Gasteiger partial charge in [-0.25, -0.2) is 0 Å². The van der Waals surface area contributed by atoms with Gasteiger partial charge >= 0.3 is 0 Å². The topological polar surface area (TPSA) is 13.1 Å². The molecule has 0 atom stereocenters. The maximum atomic E-state index is 5.46. The Morgan fingerprint density at radius 3 is 1.53 bits per heavy atom. The predicted octanol–water partition coefficient (Wildman–Crippen LogP) is 5.10. The van der Waals surface area contributed by atoms with Crippen molar-refractivity contribution >= 4 is 12.2 Å². The third kappa shape index (κ3) is 1.55. The van der Waals surface area contributed by atoms with Gasteiger partial charge in [0.1, 0.15) is 0 Å². The van der Waals surface area contributed by atoms with Crippen LogP contribution in [-0.2, 0) is 0 Å². The Kier molecular flexibility index (Phi) is 2.18. The Morgan fingerprint density at radius 2 is 1.00 bits per heavy atom. The number of furan rings is 1. The van der Waals surface area contributed by atoms with Gasteiger partial charge in [0.25, 0.3) is 0 Å². The Morgan fingerprint density at radius 1 is 0.526 bits per heavy atom. The molecule has 1 heterocycles. The first-order valence-corrected chi connectivity index (χ1v) is 6.36. The summed E-state index contributed by atoms with van der Waals surface area (Å²) in [7, 11) is 0. The van der Waals surface area contributed by atoms with Gasteiger partial charge in [-0.2, -0.15) is 0 Å². The van der Waals surface area contributed by atoms with E-state index in [1.54, 1.807) is 0 Å². The van der Waals surface area contributed by atoms with Gasteiger partial charge in [0.2, 0.25) is 0 Å². The van der Waals surface area contributed by atoms with Gasteiger partial charge in [-0.15, -0.1) is 0 Å². The van der Waals surface area contributed by atoms with Crippen LogP contribution in [0.4, 0.5) is 0 Å². The van der Waals surface area contributed by atoms with Gasteiger partial charge < -0.3 is 4.42 Å². The van der Waals surface area contributed by atoms with E-state index in [1.807, 2.05) is 12.5 Å². The van der Waals surface area contributed by atoms with Crippen molar-refractivity contribution in [1.29, 1.82) is 0 Å². The molecule has 0 fully saturated rings. The quantitative estimate of drug-likeness (QED) is 0.419. The minimum atomic E-state index is 1.16. The van der Waals surface area contributed by atoms with Gasteiger partial charge in [-0.05, 0) is 22.3 Å². The summed E-state index contributed by atoms with van der Waals surface area (Å²) in [6.45, 7) is 0. The number of rotatable bonds is 0. The zero-order chi connectivity index (χ0) is 12.7. The minimum absolute atomic E-state index is 1.16. The van der Waals surface area contributed by atoms with E-state index in [9.17, 15) is 0 Å². The molecule has 0 spiro atoms.